The lowest BCUT2D eigenvalue weighted by molar-refractivity contribution is -0.130. The molecule has 20 heavy (non-hydrogen) atoms. The highest BCUT2D eigenvalue weighted by Crippen LogP contribution is 2.14. The van der Waals surface area contributed by atoms with Gasteiger partial charge in [-0.3, -0.25) is 19.2 Å². The smallest absolute Gasteiger partial charge is 0.136 e. The SMILES string of the molecule is CCCC(=O)CCC(=O)CC(C)C(=O)CC(C)C(C)=O. The molecule has 2 atom stereocenters. The number of rotatable bonds is 11. The summed E-state index contributed by atoms with van der Waals surface area (Å²) in [6.45, 7) is 6.82. The van der Waals surface area contributed by atoms with E-state index in [0.717, 1.165) is 6.42 Å². The van der Waals surface area contributed by atoms with Crippen molar-refractivity contribution in [3.8, 4) is 0 Å². The maximum atomic E-state index is 11.9. The first-order valence-corrected chi connectivity index (χ1v) is 7.34. The highest BCUT2D eigenvalue weighted by atomic mass is 16.1. The van der Waals surface area contributed by atoms with Crippen molar-refractivity contribution in [2.75, 3.05) is 0 Å². The topological polar surface area (TPSA) is 68.3 Å². The Morgan fingerprint density at radius 2 is 1.35 bits per heavy atom. The lowest BCUT2D eigenvalue weighted by Crippen LogP contribution is -2.20. The molecule has 0 fully saturated rings. The van der Waals surface area contributed by atoms with Crippen molar-refractivity contribution >= 4 is 23.1 Å². The number of carbonyl (C=O) groups is 4. The Balaban J connectivity index is 4.09. The molecule has 0 saturated heterocycles. The molecule has 4 nitrogen and oxygen atoms in total. The van der Waals surface area contributed by atoms with Crippen LogP contribution >= 0.6 is 0 Å². The highest BCUT2D eigenvalue weighted by Gasteiger charge is 2.21. The lowest BCUT2D eigenvalue weighted by atomic mass is 9.90. The third-order valence-corrected chi connectivity index (χ3v) is 3.50. The fourth-order valence-electron chi connectivity index (χ4n) is 1.89. The van der Waals surface area contributed by atoms with E-state index in [0.29, 0.717) is 6.42 Å². The van der Waals surface area contributed by atoms with Crippen LogP contribution in [-0.4, -0.2) is 23.1 Å². The van der Waals surface area contributed by atoms with Gasteiger partial charge in [0.1, 0.15) is 23.1 Å². The first-order chi connectivity index (χ1) is 9.27. The van der Waals surface area contributed by atoms with Crippen LogP contribution in [0.5, 0.6) is 0 Å². The molecule has 0 saturated carbocycles. The van der Waals surface area contributed by atoms with E-state index in [1.165, 1.54) is 6.92 Å². The summed E-state index contributed by atoms with van der Waals surface area (Å²) in [5.74, 6) is -0.671. The van der Waals surface area contributed by atoms with Crippen molar-refractivity contribution in [1.82, 2.24) is 0 Å². The van der Waals surface area contributed by atoms with Gasteiger partial charge in [0.25, 0.3) is 0 Å². The Bertz CT molecular complexity index is 371. The lowest BCUT2D eigenvalue weighted by Gasteiger charge is -2.12. The van der Waals surface area contributed by atoms with E-state index < -0.39 is 0 Å². The van der Waals surface area contributed by atoms with Crippen LogP contribution in [0.4, 0.5) is 0 Å². The van der Waals surface area contributed by atoms with Crippen LogP contribution < -0.4 is 0 Å². The summed E-state index contributed by atoms with van der Waals surface area (Å²) in [4.78, 5) is 46.0. The molecule has 0 aromatic carbocycles. The van der Waals surface area contributed by atoms with Crippen LogP contribution in [0.25, 0.3) is 0 Å². The molecular formula is C16H26O4. The van der Waals surface area contributed by atoms with E-state index in [9.17, 15) is 19.2 Å². The van der Waals surface area contributed by atoms with E-state index in [4.69, 9.17) is 0 Å². The van der Waals surface area contributed by atoms with Crippen molar-refractivity contribution in [3.63, 3.8) is 0 Å². The van der Waals surface area contributed by atoms with Crippen LogP contribution in [0.2, 0.25) is 0 Å². The largest absolute Gasteiger partial charge is 0.300 e. The molecule has 114 valence electrons. The van der Waals surface area contributed by atoms with Gasteiger partial charge in [-0.25, -0.2) is 0 Å². The minimum atomic E-state index is -0.370. The summed E-state index contributed by atoms with van der Waals surface area (Å²) in [5.41, 5.74) is 0. The molecule has 0 aromatic rings. The van der Waals surface area contributed by atoms with Gasteiger partial charge >= 0.3 is 0 Å². The Kier molecular flexibility index (Phi) is 8.93. The summed E-state index contributed by atoms with van der Waals surface area (Å²) in [5, 5.41) is 0. The van der Waals surface area contributed by atoms with Crippen LogP contribution in [-0.2, 0) is 19.2 Å². The zero-order chi connectivity index (χ0) is 15.7. The number of hydrogen-bond donors (Lipinski definition) is 0. The maximum Gasteiger partial charge on any atom is 0.136 e. The van der Waals surface area contributed by atoms with Gasteiger partial charge < -0.3 is 0 Å². The molecule has 0 aliphatic heterocycles. The summed E-state index contributed by atoms with van der Waals surface area (Å²) in [6, 6.07) is 0. The fraction of sp³-hybridized carbons (Fsp3) is 0.750. The normalized spacial score (nSPS) is 13.6. The monoisotopic (exact) mass is 282 g/mol. The Labute approximate surface area is 121 Å². The average molecular weight is 282 g/mol. The summed E-state index contributed by atoms with van der Waals surface area (Å²) >= 11 is 0. The molecule has 4 heteroatoms. The van der Waals surface area contributed by atoms with E-state index >= 15 is 0 Å². The number of carbonyl (C=O) groups excluding carboxylic acids is 4. The Morgan fingerprint density at radius 1 is 0.800 bits per heavy atom. The van der Waals surface area contributed by atoms with Crippen molar-refractivity contribution in [2.45, 2.75) is 66.2 Å². The van der Waals surface area contributed by atoms with E-state index in [1.54, 1.807) is 13.8 Å². The number of ketones is 4. The zero-order valence-corrected chi connectivity index (χ0v) is 13.0. The van der Waals surface area contributed by atoms with Crippen LogP contribution in [0.1, 0.15) is 66.2 Å². The third-order valence-electron chi connectivity index (χ3n) is 3.50. The summed E-state index contributed by atoms with van der Waals surface area (Å²) < 4.78 is 0. The van der Waals surface area contributed by atoms with Gasteiger partial charge in [-0.15, -0.1) is 0 Å². The van der Waals surface area contributed by atoms with Crippen molar-refractivity contribution < 1.29 is 19.2 Å². The van der Waals surface area contributed by atoms with Crippen molar-refractivity contribution in [2.24, 2.45) is 11.8 Å². The summed E-state index contributed by atoms with van der Waals surface area (Å²) in [6.07, 6.45) is 2.17. The second-order valence-corrected chi connectivity index (χ2v) is 5.61. The molecule has 0 aromatic heterocycles. The van der Waals surface area contributed by atoms with E-state index in [1.807, 2.05) is 6.92 Å². The first-order valence-electron chi connectivity index (χ1n) is 7.34. The van der Waals surface area contributed by atoms with Crippen LogP contribution in [0, 0.1) is 11.8 Å². The number of hydrogen-bond acceptors (Lipinski definition) is 4. The molecule has 0 aliphatic rings. The highest BCUT2D eigenvalue weighted by molar-refractivity contribution is 5.92. The van der Waals surface area contributed by atoms with E-state index in [-0.39, 0.29) is 60.7 Å². The van der Waals surface area contributed by atoms with Crippen molar-refractivity contribution in [1.29, 1.82) is 0 Å². The molecular weight excluding hydrogens is 256 g/mol. The van der Waals surface area contributed by atoms with Gasteiger partial charge in [0.15, 0.2) is 0 Å². The second kappa shape index (κ2) is 9.56. The van der Waals surface area contributed by atoms with Crippen LogP contribution in [0.15, 0.2) is 0 Å². The fourth-order valence-corrected chi connectivity index (χ4v) is 1.89. The van der Waals surface area contributed by atoms with Gasteiger partial charge in [-0.2, -0.15) is 0 Å². The minimum absolute atomic E-state index is 0.0120. The van der Waals surface area contributed by atoms with Gasteiger partial charge in [0.05, 0.1) is 0 Å². The molecule has 0 N–H and O–H groups in total. The molecule has 0 heterocycles. The third kappa shape index (κ3) is 7.97. The molecule has 2 unspecified atom stereocenters. The van der Waals surface area contributed by atoms with Gasteiger partial charge in [-0.1, -0.05) is 20.8 Å². The molecule has 0 amide bonds. The number of Topliss-reactive ketones (excluding diaryl/α,β-unsaturated/α-hetero) is 4. The molecule has 0 spiro atoms. The predicted octanol–water partition coefficient (Wildman–Crippen LogP) is 2.92. The van der Waals surface area contributed by atoms with Crippen LogP contribution in [0.3, 0.4) is 0 Å². The zero-order valence-electron chi connectivity index (χ0n) is 13.0. The minimum Gasteiger partial charge on any atom is -0.300 e. The molecule has 0 rings (SSSR count). The van der Waals surface area contributed by atoms with Gasteiger partial charge in [0, 0.05) is 43.9 Å². The Morgan fingerprint density at radius 3 is 1.85 bits per heavy atom. The predicted molar refractivity (Wildman–Crippen MR) is 77.4 cm³/mol. The van der Waals surface area contributed by atoms with Gasteiger partial charge in [-0.05, 0) is 13.3 Å². The molecule has 0 aliphatic carbocycles. The second-order valence-electron chi connectivity index (χ2n) is 5.61. The molecule has 0 bridgehead atoms. The maximum absolute atomic E-state index is 11.9. The average Bonchev–Trinajstić information content (AvgIpc) is 2.36. The summed E-state index contributed by atoms with van der Waals surface area (Å²) in [7, 11) is 0. The molecule has 0 radical (unpaired) electrons. The van der Waals surface area contributed by atoms with E-state index in [2.05, 4.69) is 0 Å². The Hall–Kier alpha value is -1.32. The standard InChI is InChI=1S/C16H26O4/c1-5-6-14(18)7-8-15(19)9-12(3)16(20)10-11(2)13(4)17/h11-12H,5-10H2,1-4H3. The van der Waals surface area contributed by atoms with Gasteiger partial charge in [0.2, 0.25) is 0 Å². The van der Waals surface area contributed by atoms with Crippen molar-refractivity contribution in [3.05, 3.63) is 0 Å². The quantitative estimate of drug-likeness (QED) is 0.584. The first kappa shape index (κ1) is 18.7.